The molecule has 1 N–H and O–H groups in total. The predicted octanol–water partition coefficient (Wildman–Crippen LogP) is 4.61. The first-order chi connectivity index (χ1) is 12.5. The Morgan fingerprint density at radius 2 is 1.88 bits per heavy atom. The summed E-state index contributed by atoms with van der Waals surface area (Å²) < 4.78 is 6.39. The lowest BCUT2D eigenvalue weighted by atomic mass is 10.1. The number of fused-ring (bicyclic) bond motifs is 1. The number of ketones is 1. The predicted molar refractivity (Wildman–Crippen MR) is 104 cm³/mol. The number of benzene rings is 2. The van der Waals surface area contributed by atoms with Crippen LogP contribution in [0.5, 0.6) is 5.75 Å². The number of hydrogen-bond donors (Lipinski definition) is 1. The van der Waals surface area contributed by atoms with E-state index in [1.54, 1.807) is 24.3 Å². The molecule has 0 fully saturated rings. The molecule has 3 aromatic rings. The third-order valence-corrected chi connectivity index (χ3v) is 4.79. The van der Waals surface area contributed by atoms with Crippen LogP contribution in [-0.4, -0.2) is 23.3 Å². The van der Waals surface area contributed by atoms with Gasteiger partial charge in [-0.1, -0.05) is 17.4 Å². The van der Waals surface area contributed by atoms with Crippen LogP contribution in [0.25, 0.3) is 10.2 Å². The zero-order valence-electron chi connectivity index (χ0n) is 14.7. The number of nitrogens with zero attached hydrogens (tertiary/aromatic N) is 1. The molecule has 6 heteroatoms. The van der Waals surface area contributed by atoms with Gasteiger partial charge in [0.2, 0.25) is 5.91 Å². The van der Waals surface area contributed by atoms with Gasteiger partial charge in [-0.3, -0.25) is 9.59 Å². The smallest absolute Gasteiger partial charge is 0.226 e. The normalized spacial score (nSPS) is 10.7. The van der Waals surface area contributed by atoms with Gasteiger partial charge in [0.25, 0.3) is 0 Å². The molecular weight excluding hydrogens is 348 g/mol. The first kappa shape index (κ1) is 18.1. The van der Waals surface area contributed by atoms with E-state index in [2.05, 4.69) is 10.3 Å². The average molecular weight is 368 g/mol. The fraction of sp³-hybridized carbons (Fsp3) is 0.250. The summed E-state index contributed by atoms with van der Waals surface area (Å²) in [5.41, 5.74) is 2.60. The topological polar surface area (TPSA) is 68.3 Å². The molecule has 1 amide bonds. The maximum Gasteiger partial charge on any atom is 0.226 e. The van der Waals surface area contributed by atoms with Crippen molar-refractivity contribution in [1.29, 1.82) is 0 Å². The van der Waals surface area contributed by atoms with Crippen LogP contribution in [0.4, 0.5) is 5.13 Å². The van der Waals surface area contributed by atoms with Crippen LogP contribution in [-0.2, 0) is 4.79 Å². The Hall–Kier alpha value is -2.73. The van der Waals surface area contributed by atoms with E-state index in [0.717, 1.165) is 21.5 Å². The molecule has 1 heterocycles. The Kier molecular flexibility index (Phi) is 5.63. The van der Waals surface area contributed by atoms with Crippen LogP contribution >= 0.6 is 11.3 Å². The number of rotatable bonds is 7. The number of aryl methyl sites for hydroxylation is 1. The van der Waals surface area contributed by atoms with Gasteiger partial charge in [0.1, 0.15) is 5.75 Å². The van der Waals surface area contributed by atoms with Gasteiger partial charge in [0.05, 0.1) is 16.8 Å². The number of amides is 1. The minimum atomic E-state index is -0.208. The number of Topliss-reactive ketones (excluding diaryl/α,β-unsaturated/α-hetero) is 1. The van der Waals surface area contributed by atoms with Crippen molar-refractivity contribution < 1.29 is 14.3 Å². The van der Waals surface area contributed by atoms with Crippen LogP contribution in [0.3, 0.4) is 0 Å². The molecule has 0 atom stereocenters. The second-order valence-electron chi connectivity index (χ2n) is 5.92. The minimum Gasteiger partial charge on any atom is -0.494 e. The summed E-state index contributed by atoms with van der Waals surface area (Å²) in [5, 5.41) is 3.34. The molecule has 0 saturated carbocycles. The van der Waals surface area contributed by atoms with E-state index in [-0.39, 0.29) is 24.5 Å². The molecule has 0 aliphatic rings. The van der Waals surface area contributed by atoms with Crippen molar-refractivity contribution in [3.05, 3.63) is 53.6 Å². The summed E-state index contributed by atoms with van der Waals surface area (Å²) in [6.07, 6.45) is 0.283. The van der Waals surface area contributed by atoms with Gasteiger partial charge < -0.3 is 10.1 Å². The van der Waals surface area contributed by atoms with Gasteiger partial charge in [-0.05, 0) is 55.8 Å². The molecule has 3 rings (SSSR count). The molecule has 0 radical (unpaired) electrons. The van der Waals surface area contributed by atoms with Crippen LogP contribution in [0, 0.1) is 6.92 Å². The monoisotopic (exact) mass is 368 g/mol. The van der Waals surface area contributed by atoms with E-state index >= 15 is 0 Å². The highest BCUT2D eigenvalue weighted by Crippen LogP contribution is 2.26. The minimum absolute atomic E-state index is 0.0666. The van der Waals surface area contributed by atoms with Gasteiger partial charge in [-0.15, -0.1) is 0 Å². The molecule has 0 unspecified atom stereocenters. The third kappa shape index (κ3) is 4.46. The molecule has 0 aliphatic carbocycles. The first-order valence-electron chi connectivity index (χ1n) is 8.48. The molecule has 2 aromatic carbocycles. The summed E-state index contributed by atoms with van der Waals surface area (Å²) in [6.45, 7) is 4.51. The van der Waals surface area contributed by atoms with Crippen molar-refractivity contribution in [2.45, 2.75) is 26.7 Å². The van der Waals surface area contributed by atoms with Gasteiger partial charge in [-0.25, -0.2) is 4.98 Å². The Labute approximate surface area is 156 Å². The lowest BCUT2D eigenvalue weighted by molar-refractivity contribution is -0.116. The van der Waals surface area contributed by atoms with Crippen molar-refractivity contribution >= 4 is 38.4 Å². The number of aromatic nitrogens is 1. The van der Waals surface area contributed by atoms with Gasteiger partial charge in [0.15, 0.2) is 10.9 Å². The zero-order chi connectivity index (χ0) is 18.5. The van der Waals surface area contributed by atoms with Crippen LogP contribution < -0.4 is 10.1 Å². The fourth-order valence-corrected chi connectivity index (χ4v) is 3.52. The van der Waals surface area contributed by atoms with Crippen molar-refractivity contribution in [2.24, 2.45) is 0 Å². The van der Waals surface area contributed by atoms with Gasteiger partial charge >= 0.3 is 0 Å². The summed E-state index contributed by atoms with van der Waals surface area (Å²) in [4.78, 5) is 28.7. The van der Waals surface area contributed by atoms with E-state index in [4.69, 9.17) is 4.74 Å². The largest absolute Gasteiger partial charge is 0.494 e. The van der Waals surface area contributed by atoms with E-state index in [1.807, 2.05) is 32.0 Å². The van der Waals surface area contributed by atoms with Crippen LogP contribution in [0.2, 0.25) is 0 Å². The van der Waals surface area contributed by atoms with Crippen molar-refractivity contribution in [2.75, 3.05) is 11.9 Å². The molecule has 1 aromatic heterocycles. The Bertz CT molecular complexity index is 932. The van der Waals surface area contributed by atoms with Gasteiger partial charge in [-0.2, -0.15) is 0 Å². The highest BCUT2D eigenvalue weighted by Gasteiger charge is 2.12. The molecule has 0 aliphatic heterocycles. The molecule has 26 heavy (non-hydrogen) atoms. The number of ether oxygens (including phenoxy) is 1. The lowest BCUT2D eigenvalue weighted by Crippen LogP contribution is -2.13. The molecule has 134 valence electrons. The highest BCUT2D eigenvalue weighted by atomic mass is 32.1. The maximum absolute atomic E-state index is 12.2. The number of carbonyl (C=O) groups excluding carboxylic acids is 2. The Morgan fingerprint density at radius 1 is 1.12 bits per heavy atom. The molecule has 5 nitrogen and oxygen atoms in total. The maximum atomic E-state index is 12.2. The van der Waals surface area contributed by atoms with E-state index < -0.39 is 0 Å². The summed E-state index contributed by atoms with van der Waals surface area (Å²) >= 11 is 1.43. The Morgan fingerprint density at radius 3 is 2.62 bits per heavy atom. The average Bonchev–Trinajstić information content (AvgIpc) is 3.01. The number of thiazole rings is 1. The number of carbonyl (C=O) groups is 2. The SMILES string of the molecule is CCOc1ccc(C(=O)CCC(=O)Nc2nc3ccc(C)cc3s2)cc1. The number of hydrogen-bond acceptors (Lipinski definition) is 5. The first-order valence-corrected chi connectivity index (χ1v) is 9.30. The third-order valence-electron chi connectivity index (χ3n) is 3.86. The summed E-state index contributed by atoms with van der Waals surface area (Å²) in [5.74, 6) is 0.455. The van der Waals surface area contributed by atoms with Crippen molar-refractivity contribution in [1.82, 2.24) is 4.98 Å². The van der Waals surface area contributed by atoms with E-state index in [1.165, 1.54) is 11.3 Å². The molecule has 0 saturated heterocycles. The number of nitrogens with one attached hydrogen (secondary N) is 1. The van der Waals surface area contributed by atoms with Gasteiger partial charge in [0, 0.05) is 18.4 Å². The number of anilines is 1. The zero-order valence-corrected chi connectivity index (χ0v) is 15.6. The molecule has 0 spiro atoms. The highest BCUT2D eigenvalue weighted by molar-refractivity contribution is 7.22. The summed E-state index contributed by atoms with van der Waals surface area (Å²) in [6, 6.07) is 12.9. The van der Waals surface area contributed by atoms with Crippen LogP contribution in [0.15, 0.2) is 42.5 Å². The van der Waals surface area contributed by atoms with Crippen molar-refractivity contribution in [3.8, 4) is 5.75 Å². The Balaban J connectivity index is 1.54. The van der Waals surface area contributed by atoms with Crippen LogP contribution in [0.1, 0.15) is 35.7 Å². The molecule has 0 bridgehead atoms. The summed E-state index contributed by atoms with van der Waals surface area (Å²) in [7, 11) is 0. The second-order valence-corrected chi connectivity index (χ2v) is 6.95. The quantitative estimate of drug-likeness (QED) is 0.619. The molecular formula is C20H20N2O3S. The standard InChI is InChI=1S/C20H20N2O3S/c1-3-25-15-7-5-14(6-8-15)17(23)10-11-19(24)22-20-21-16-9-4-13(2)12-18(16)26-20/h4-9,12H,3,10-11H2,1-2H3,(H,21,22,24). The van der Waals surface area contributed by atoms with E-state index in [0.29, 0.717) is 17.3 Å². The fourth-order valence-electron chi connectivity index (χ4n) is 2.54. The van der Waals surface area contributed by atoms with Crippen molar-refractivity contribution in [3.63, 3.8) is 0 Å². The lowest BCUT2D eigenvalue weighted by Gasteiger charge is -2.05. The van der Waals surface area contributed by atoms with E-state index in [9.17, 15) is 9.59 Å². The second kappa shape index (κ2) is 8.10.